The Kier molecular flexibility index (Phi) is 7.30. The first-order valence-electron chi connectivity index (χ1n) is 12.4. The molecule has 8 nitrogen and oxygen atoms in total. The Labute approximate surface area is 227 Å². The highest BCUT2D eigenvalue weighted by Crippen LogP contribution is 2.43. The van der Waals surface area contributed by atoms with Crippen LogP contribution in [0.4, 0.5) is 9.52 Å². The second-order valence-electron chi connectivity index (χ2n) is 8.96. The van der Waals surface area contributed by atoms with E-state index in [0.29, 0.717) is 23.6 Å². The summed E-state index contributed by atoms with van der Waals surface area (Å²) >= 11 is 0.974. The molecule has 0 N–H and O–H groups in total. The van der Waals surface area contributed by atoms with Crippen LogP contribution in [0, 0.1) is 12.7 Å². The number of benzene rings is 2. The number of halogens is 1. The van der Waals surface area contributed by atoms with Crippen molar-refractivity contribution >= 4 is 39.3 Å². The average molecular weight is 549 g/mol. The smallest absolute Gasteiger partial charge is 0.350 e. The molecular weight excluding hydrogens is 523 g/mol. The van der Waals surface area contributed by atoms with E-state index in [4.69, 9.17) is 13.9 Å². The van der Waals surface area contributed by atoms with Crippen LogP contribution in [-0.2, 0) is 4.74 Å². The van der Waals surface area contributed by atoms with Crippen molar-refractivity contribution in [2.24, 2.45) is 0 Å². The number of amides is 1. The summed E-state index contributed by atoms with van der Waals surface area (Å²) in [6, 6.07) is 9.70. The van der Waals surface area contributed by atoms with Crippen LogP contribution in [0.1, 0.15) is 62.9 Å². The molecule has 1 unspecified atom stereocenters. The molecule has 0 spiro atoms. The molecule has 39 heavy (non-hydrogen) atoms. The maximum Gasteiger partial charge on any atom is 0.350 e. The fourth-order valence-corrected chi connectivity index (χ4v) is 5.40. The van der Waals surface area contributed by atoms with Gasteiger partial charge in [0, 0.05) is 0 Å². The molecule has 0 bridgehead atoms. The van der Waals surface area contributed by atoms with Gasteiger partial charge in [0.15, 0.2) is 10.6 Å². The third kappa shape index (κ3) is 4.83. The van der Waals surface area contributed by atoms with E-state index in [-0.39, 0.29) is 38.9 Å². The summed E-state index contributed by atoms with van der Waals surface area (Å²) in [6.45, 7) is 7.84. The molecular formula is C29H25FN2O6S. The number of ether oxygens (including phenoxy) is 2. The van der Waals surface area contributed by atoms with Gasteiger partial charge in [-0.05, 0) is 49.2 Å². The van der Waals surface area contributed by atoms with Gasteiger partial charge in [0.1, 0.15) is 28.6 Å². The minimum Gasteiger partial charge on any atom is -0.494 e. The Balaban J connectivity index is 1.64. The minimum atomic E-state index is -0.927. The van der Waals surface area contributed by atoms with Crippen LogP contribution in [0.2, 0.25) is 0 Å². The topological polar surface area (TPSA) is 98.9 Å². The Morgan fingerprint density at radius 2 is 2.00 bits per heavy atom. The number of aryl methyl sites for hydroxylation is 1. The monoisotopic (exact) mass is 548 g/mol. The van der Waals surface area contributed by atoms with Gasteiger partial charge in [-0.3, -0.25) is 14.5 Å². The van der Waals surface area contributed by atoms with Crippen LogP contribution in [0.3, 0.4) is 0 Å². The number of rotatable bonds is 9. The molecule has 200 valence electrons. The summed E-state index contributed by atoms with van der Waals surface area (Å²) in [5.74, 6) is -1.30. The lowest BCUT2D eigenvalue weighted by atomic mass is 9.98. The van der Waals surface area contributed by atoms with Crippen molar-refractivity contribution in [2.75, 3.05) is 18.1 Å². The number of hydrogen-bond acceptors (Lipinski definition) is 8. The number of carbonyl (C=O) groups is 2. The Morgan fingerprint density at radius 3 is 2.72 bits per heavy atom. The highest BCUT2D eigenvalue weighted by Gasteiger charge is 2.45. The molecule has 0 aliphatic carbocycles. The molecule has 0 saturated carbocycles. The predicted octanol–water partition coefficient (Wildman–Crippen LogP) is 5.97. The number of fused-ring (bicyclic) bond motifs is 2. The number of unbranched alkanes of at least 4 members (excludes halogenated alkanes) is 1. The second-order valence-corrected chi connectivity index (χ2v) is 9.94. The van der Waals surface area contributed by atoms with E-state index < -0.39 is 29.2 Å². The fourth-order valence-electron chi connectivity index (χ4n) is 4.41. The summed E-state index contributed by atoms with van der Waals surface area (Å²) in [5.41, 5.74) is 0.613. The van der Waals surface area contributed by atoms with Crippen molar-refractivity contribution in [3.8, 4) is 5.75 Å². The molecule has 10 heteroatoms. The summed E-state index contributed by atoms with van der Waals surface area (Å²) in [5, 5.41) is 0.217. The number of nitrogens with zero attached hydrogens (tertiary/aromatic N) is 2. The van der Waals surface area contributed by atoms with E-state index in [2.05, 4.69) is 18.5 Å². The second kappa shape index (κ2) is 10.8. The van der Waals surface area contributed by atoms with Crippen LogP contribution in [0.15, 0.2) is 64.3 Å². The highest BCUT2D eigenvalue weighted by molar-refractivity contribution is 7.17. The molecule has 1 aliphatic heterocycles. The summed E-state index contributed by atoms with van der Waals surface area (Å²) in [7, 11) is 0. The molecule has 1 amide bonds. The molecule has 2 aromatic carbocycles. The lowest BCUT2D eigenvalue weighted by Crippen LogP contribution is -2.29. The molecule has 0 saturated heterocycles. The van der Waals surface area contributed by atoms with Crippen molar-refractivity contribution in [3.63, 3.8) is 0 Å². The number of carbonyl (C=O) groups excluding carboxylic acids is 2. The van der Waals surface area contributed by atoms with Crippen molar-refractivity contribution in [1.82, 2.24) is 4.98 Å². The molecule has 1 aliphatic rings. The van der Waals surface area contributed by atoms with Crippen molar-refractivity contribution in [3.05, 3.63) is 98.6 Å². The zero-order chi connectivity index (χ0) is 27.7. The van der Waals surface area contributed by atoms with Crippen LogP contribution in [-0.4, -0.2) is 30.1 Å². The van der Waals surface area contributed by atoms with E-state index in [1.807, 2.05) is 0 Å². The lowest BCUT2D eigenvalue weighted by molar-refractivity contribution is 0.0554. The normalized spacial score (nSPS) is 14.5. The van der Waals surface area contributed by atoms with Crippen molar-refractivity contribution in [2.45, 2.75) is 32.7 Å². The zero-order valence-corrected chi connectivity index (χ0v) is 22.2. The van der Waals surface area contributed by atoms with Gasteiger partial charge >= 0.3 is 5.97 Å². The van der Waals surface area contributed by atoms with Crippen LogP contribution >= 0.6 is 11.3 Å². The van der Waals surface area contributed by atoms with Gasteiger partial charge in [0.25, 0.3) is 5.91 Å². The third-order valence-corrected chi connectivity index (χ3v) is 7.44. The standard InChI is InChI=1S/C29H25FN2O6S/c1-4-6-14-36-19-10-7-17(8-11-19)23-22-24(33)20-15-18(30)9-12-21(20)38-25(22)27(34)32(23)29-31-16(3)26(39-29)28(35)37-13-5-2/h5,7-12,15,23H,2,4,6,13-14H2,1,3H3. The lowest BCUT2D eigenvalue weighted by Gasteiger charge is -2.22. The SMILES string of the molecule is C=CCOC(=O)c1sc(N2C(=O)c3oc4ccc(F)cc4c(=O)c3C2c2ccc(OCCCC)cc2)nc1C. The minimum absolute atomic E-state index is 0.0243. The quantitative estimate of drug-likeness (QED) is 0.144. The Morgan fingerprint density at radius 1 is 1.23 bits per heavy atom. The Hall–Kier alpha value is -4.31. The van der Waals surface area contributed by atoms with Gasteiger partial charge < -0.3 is 13.9 Å². The Bertz CT molecular complexity index is 1640. The van der Waals surface area contributed by atoms with Gasteiger partial charge in [0.2, 0.25) is 5.76 Å². The van der Waals surface area contributed by atoms with Gasteiger partial charge in [-0.15, -0.1) is 0 Å². The van der Waals surface area contributed by atoms with Gasteiger partial charge in [0.05, 0.1) is 29.3 Å². The molecule has 4 aromatic rings. The first-order valence-corrected chi connectivity index (χ1v) is 13.2. The fraction of sp³-hybridized carbons (Fsp3) is 0.241. The maximum absolute atomic E-state index is 14.1. The summed E-state index contributed by atoms with van der Waals surface area (Å²) in [4.78, 5) is 46.1. The zero-order valence-electron chi connectivity index (χ0n) is 21.4. The molecule has 3 heterocycles. The molecule has 5 rings (SSSR count). The van der Waals surface area contributed by atoms with Crippen LogP contribution in [0.5, 0.6) is 5.75 Å². The van der Waals surface area contributed by atoms with E-state index in [1.165, 1.54) is 17.0 Å². The first-order chi connectivity index (χ1) is 18.8. The highest BCUT2D eigenvalue weighted by atomic mass is 32.1. The van der Waals surface area contributed by atoms with E-state index in [0.717, 1.165) is 36.3 Å². The molecule has 0 radical (unpaired) electrons. The number of hydrogen-bond donors (Lipinski definition) is 0. The maximum atomic E-state index is 14.1. The van der Waals surface area contributed by atoms with Crippen molar-refractivity contribution in [1.29, 1.82) is 0 Å². The molecule has 0 fully saturated rings. The molecule has 2 aromatic heterocycles. The average Bonchev–Trinajstić information content (AvgIpc) is 3.45. The predicted molar refractivity (Wildman–Crippen MR) is 145 cm³/mol. The van der Waals surface area contributed by atoms with Crippen LogP contribution in [0.25, 0.3) is 11.0 Å². The number of thiazole rings is 1. The van der Waals surface area contributed by atoms with Gasteiger partial charge in [-0.25, -0.2) is 14.2 Å². The number of aromatic nitrogens is 1. The van der Waals surface area contributed by atoms with Gasteiger partial charge in [-0.2, -0.15) is 0 Å². The van der Waals surface area contributed by atoms with E-state index in [1.54, 1.807) is 31.2 Å². The largest absolute Gasteiger partial charge is 0.494 e. The number of anilines is 1. The molecule has 1 atom stereocenters. The van der Waals surface area contributed by atoms with E-state index in [9.17, 15) is 18.8 Å². The van der Waals surface area contributed by atoms with Crippen LogP contribution < -0.4 is 15.1 Å². The van der Waals surface area contributed by atoms with E-state index >= 15 is 0 Å². The summed E-state index contributed by atoms with van der Waals surface area (Å²) in [6.07, 6.45) is 3.35. The summed E-state index contributed by atoms with van der Waals surface area (Å²) < 4.78 is 30.9. The van der Waals surface area contributed by atoms with Crippen molar-refractivity contribution < 1.29 is 27.9 Å². The first kappa shape index (κ1) is 26.3. The van der Waals surface area contributed by atoms with Gasteiger partial charge in [-0.1, -0.05) is 49.5 Å². The number of esters is 1. The third-order valence-electron chi connectivity index (χ3n) is 6.30.